The van der Waals surface area contributed by atoms with Gasteiger partial charge in [-0.05, 0) is 60.0 Å². The Hall–Kier alpha value is -3.47. The molecule has 3 aromatic rings. The van der Waals surface area contributed by atoms with E-state index >= 15 is 0 Å². The molecule has 3 rings (SSSR count). The molecule has 0 fully saturated rings. The number of halogens is 1. The van der Waals surface area contributed by atoms with Gasteiger partial charge in [0.15, 0.2) is 12.4 Å². The molecule has 1 amide bonds. The minimum Gasteiger partial charge on any atom is -0.484 e. The average molecular weight is 391 g/mol. The van der Waals surface area contributed by atoms with Gasteiger partial charge >= 0.3 is 0 Å². The predicted octanol–water partition coefficient (Wildman–Crippen LogP) is 4.36. The van der Waals surface area contributed by atoms with Crippen LogP contribution in [-0.2, 0) is 4.79 Å². The first-order valence-corrected chi connectivity index (χ1v) is 9.37. The fourth-order valence-electron chi connectivity index (χ4n) is 2.84. The second kappa shape index (κ2) is 9.64. The van der Waals surface area contributed by atoms with Crippen LogP contribution in [0.15, 0.2) is 78.9 Å². The number of ketones is 1. The van der Waals surface area contributed by atoms with Gasteiger partial charge in [-0.15, -0.1) is 0 Å². The Balaban J connectivity index is 1.47. The summed E-state index contributed by atoms with van der Waals surface area (Å²) in [5, 5.41) is 2.86. The molecule has 0 saturated heterocycles. The van der Waals surface area contributed by atoms with E-state index in [-0.39, 0.29) is 30.0 Å². The molecule has 0 radical (unpaired) electrons. The van der Waals surface area contributed by atoms with Crippen molar-refractivity contribution in [3.63, 3.8) is 0 Å². The Morgan fingerprint density at radius 2 is 1.48 bits per heavy atom. The molecule has 29 heavy (non-hydrogen) atoms. The van der Waals surface area contributed by atoms with Crippen LogP contribution < -0.4 is 10.1 Å². The van der Waals surface area contributed by atoms with Crippen molar-refractivity contribution in [2.24, 2.45) is 0 Å². The van der Waals surface area contributed by atoms with E-state index in [1.807, 2.05) is 37.3 Å². The minimum absolute atomic E-state index is 0.104. The zero-order valence-electron chi connectivity index (χ0n) is 16.1. The van der Waals surface area contributed by atoms with Gasteiger partial charge < -0.3 is 10.1 Å². The highest BCUT2D eigenvalue weighted by Crippen LogP contribution is 2.16. The third kappa shape index (κ3) is 5.75. The summed E-state index contributed by atoms with van der Waals surface area (Å²) in [6.45, 7) is 2.47. The smallest absolute Gasteiger partial charge is 0.257 e. The molecule has 4 nitrogen and oxygen atoms in total. The highest BCUT2D eigenvalue weighted by Gasteiger charge is 2.11. The molecule has 0 aromatic heterocycles. The summed E-state index contributed by atoms with van der Waals surface area (Å²) in [6, 6.07) is 21.9. The average Bonchev–Trinajstić information content (AvgIpc) is 2.77. The first kappa shape index (κ1) is 20.3. The van der Waals surface area contributed by atoms with Gasteiger partial charge in [0.25, 0.3) is 5.91 Å². The van der Waals surface area contributed by atoms with Crippen molar-refractivity contribution < 1.29 is 18.7 Å². The molecule has 0 aliphatic heterocycles. The van der Waals surface area contributed by atoms with E-state index in [0.29, 0.717) is 23.4 Å². The summed E-state index contributed by atoms with van der Waals surface area (Å²) < 4.78 is 18.5. The maximum Gasteiger partial charge on any atom is 0.257 e. The van der Waals surface area contributed by atoms with Gasteiger partial charge in [0.2, 0.25) is 0 Å². The molecular weight excluding hydrogens is 369 g/mol. The monoisotopic (exact) mass is 391 g/mol. The topological polar surface area (TPSA) is 55.4 Å². The van der Waals surface area contributed by atoms with Gasteiger partial charge in [0.1, 0.15) is 11.6 Å². The first-order chi connectivity index (χ1) is 14.0. The van der Waals surface area contributed by atoms with Crippen LogP contribution in [0.3, 0.4) is 0 Å². The SMILES string of the molecule is C[C@H](CNC(=O)COc1ccc(C(=O)c2ccc(F)cc2)cc1)c1ccccc1. The fraction of sp³-hybridized carbons (Fsp3) is 0.167. The van der Waals surface area contributed by atoms with Crippen molar-refractivity contribution in [2.45, 2.75) is 12.8 Å². The molecule has 0 saturated carbocycles. The van der Waals surface area contributed by atoms with E-state index in [1.165, 1.54) is 24.3 Å². The van der Waals surface area contributed by atoms with E-state index in [2.05, 4.69) is 5.32 Å². The van der Waals surface area contributed by atoms with Crippen molar-refractivity contribution in [3.8, 4) is 5.75 Å². The maximum atomic E-state index is 13.0. The zero-order valence-corrected chi connectivity index (χ0v) is 16.1. The number of carbonyl (C=O) groups excluding carboxylic acids is 2. The molecule has 0 aliphatic carbocycles. The maximum absolute atomic E-state index is 13.0. The van der Waals surface area contributed by atoms with E-state index < -0.39 is 0 Å². The number of rotatable bonds is 8. The fourth-order valence-corrected chi connectivity index (χ4v) is 2.84. The summed E-state index contributed by atoms with van der Waals surface area (Å²) in [5.41, 5.74) is 2.03. The van der Waals surface area contributed by atoms with Gasteiger partial charge in [0, 0.05) is 17.7 Å². The summed E-state index contributed by atoms with van der Waals surface area (Å²) in [4.78, 5) is 24.4. The zero-order chi connectivity index (χ0) is 20.6. The molecule has 0 heterocycles. The number of hydrogen-bond donors (Lipinski definition) is 1. The van der Waals surface area contributed by atoms with Gasteiger partial charge in [-0.25, -0.2) is 4.39 Å². The second-order valence-corrected chi connectivity index (χ2v) is 6.76. The lowest BCUT2D eigenvalue weighted by atomic mass is 10.0. The van der Waals surface area contributed by atoms with Crippen LogP contribution in [0.2, 0.25) is 0 Å². The quantitative estimate of drug-likeness (QED) is 0.581. The first-order valence-electron chi connectivity index (χ1n) is 9.37. The lowest BCUT2D eigenvalue weighted by Crippen LogP contribution is -2.31. The van der Waals surface area contributed by atoms with Crippen molar-refractivity contribution >= 4 is 11.7 Å². The van der Waals surface area contributed by atoms with E-state index in [1.54, 1.807) is 24.3 Å². The number of nitrogens with one attached hydrogen (secondary N) is 1. The standard InChI is InChI=1S/C24H22FNO3/c1-17(18-5-3-2-4-6-18)15-26-23(27)16-29-22-13-9-20(10-14-22)24(28)19-7-11-21(25)12-8-19/h2-14,17H,15-16H2,1H3,(H,26,27)/t17-/m1/s1. The van der Waals surface area contributed by atoms with E-state index in [4.69, 9.17) is 4.74 Å². The number of ether oxygens (including phenoxy) is 1. The molecule has 3 aromatic carbocycles. The third-order valence-corrected chi connectivity index (χ3v) is 4.57. The Bertz CT molecular complexity index is 954. The molecule has 0 unspecified atom stereocenters. The van der Waals surface area contributed by atoms with Crippen LogP contribution in [0.1, 0.15) is 34.3 Å². The van der Waals surface area contributed by atoms with Crippen molar-refractivity contribution in [1.29, 1.82) is 0 Å². The van der Waals surface area contributed by atoms with Crippen molar-refractivity contribution in [3.05, 3.63) is 101 Å². The Morgan fingerprint density at radius 3 is 2.10 bits per heavy atom. The second-order valence-electron chi connectivity index (χ2n) is 6.76. The Kier molecular flexibility index (Phi) is 6.74. The van der Waals surface area contributed by atoms with E-state index in [0.717, 1.165) is 5.56 Å². The Labute approximate surface area is 169 Å². The highest BCUT2D eigenvalue weighted by atomic mass is 19.1. The van der Waals surface area contributed by atoms with Crippen molar-refractivity contribution in [2.75, 3.05) is 13.2 Å². The van der Waals surface area contributed by atoms with Crippen LogP contribution >= 0.6 is 0 Å². The van der Waals surface area contributed by atoms with Crippen LogP contribution in [0.5, 0.6) is 5.75 Å². The molecule has 0 spiro atoms. The summed E-state index contributed by atoms with van der Waals surface area (Å²) in [6.07, 6.45) is 0. The molecule has 0 aliphatic rings. The summed E-state index contributed by atoms with van der Waals surface area (Å²) in [5.74, 6) is -0.103. The Morgan fingerprint density at radius 1 is 0.897 bits per heavy atom. The lowest BCUT2D eigenvalue weighted by molar-refractivity contribution is -0.123. The molecule has 0 bridgehead atoms. The predicted molar refractivity (Wildman–Crippen MR) is 110 cm³/mol. The number of carbonyl (C=O) groups is 2. The van der Waals surface area contributed by atoms with Crippen LogP contribution in [0, 0.1) is 5.82 Å². The summed E-state index contributed by atoms with van der Waals surface area (Å²) in [7, 11) is 0. The molecule has 5 heteroatoms. The highest BCUT2D eigenvalue weighted by molar-refractivity contribution is 6.09. The van der Waals surface area contributed by atoms with Crippen LogP contribution in [0.25, 0.3) is 0 Å². The van der Waals surface area contributed by atoms with Gasteiger partial charge in [-0.2, -0.15) is 0 Å². The third-order valence-electron chi connectivity index (χ3n) is 4.57. The molecule has 1 N–H and O–H groups in total. The number of amides is 1. The largest absolute Gasteiger partial charge is 0.484 e. The molecular formula is C24H22FNO3. The van der Waals surface area contributed by atoms with Crippen molar-refractivity contribution in [1.82, 2.24) is 5.32 Å². The number of benzene rings is 3. The molecule has 148 valence electrons. The lowest BCUT2D eigenvalue weighted by Gasteiger charge is -2.13. The normalized spacial score (nSPS) is 11.5. The van der Waals surface area contributed by atoms with Gasteiger partial charge in [-0.1, -0.05) is 37.3 Å². The summed E-state index contributed by atoms with van der Waals surface area (Å²) >= 11 is 0. The van der Waals surface area contributed by atoms with Gasteiger partial charge in [0.05, 0.1) is 0 Å². The number of hydrogen-bond acceptors (Lipinski definition) is 3. The van der Waals surface area contributed by atoms with E-state index in [9.17, 15) is 14.0 Å². The molecule has 1 atom stereocenters. The van der Waals surface area contributed by atoms with Crippen LogP contribution in [-0.4, -0.2) is 24.8 Å². The minimum atomic E-state index is -0.387. The van der Waals surface area contributed by atoms with Gasteiger partial charge in [-0.3, -0.25) is 9.59 Å². The van der Waals surface area contributed by atoms with Crippen LogP contribution in [0.4, 0.5) is 4.39 Å².